The molecule has 1 aliphatic heterocycles. The van der Waals surface area contributed by atoms with E-state index in [1.807, 2.05) is 82.2 Å². The zero-order valence-electron chi connectivity index (χ0n) is 23.0. The Kier molecular flexibility index (Phi) is 9.79. The molecule has 3 aromatic rings. The molecule has 0 radical (unpaired) electrons. The number of rotatable bonds is 8. The number of thioether (sulfide) groups is 1. The summed E-state index contributed by atoms with van der Waals surface area (Å²) < 4.78 is 0. The molecule has 0 aromatic heterocycles. The van der Waals surface area contributed by atoms with Crippen molar-refractivity contribution in [1.82, 2.24) is 10.2 Å². The van der Waals surface area contributed by atoms with Gasteiger partial charge < -0.3 is 15.3 Å². The minimum absolute atomic E-state index is 0.0113. The topological polar surface area (TPSA) is 72.9 Å². The largest absolute Gasteiger partial charge is 0.394 e. The smallest absolute Gasteiger partial charge is 0.324 e. The normalized spacial score (nSPS) is 20.0. The van der Waals surface area contributed by atoms with Crippen LogP contribution in [0.5, 0.6) is 0 Å². The molecule has 3 amide bonds. The molecule has 1 saturated heterocycles. The molecule has 2 fully saturated rings. The Balaban J connectivity index is 1.30. The van der Waals surface area contributed by atoms with Crippen LogP contribution >= 0.6 is 11.8 Å². The van der Waals surface area contributed by atoms with Gasteiger partial charge in [0.05, 0.1) is 19.2 Å². The second kappa shape index (κ2) is 13.9. The van der Waals surface area contributed by atoms with Gasteiger partial charge >= 0.3 is 6.03 Å². The summed E-state index contributed by atoms with van der Waals surface area (Å²) >= 11 is 1.89. The number of urea groups is 1. The summed E-state index contributed by atoms with van der Waals surface area (Å²) in [5.74, 6) is 1.97. The first-order valence-corrected chi connectivity index (χ1v) is 15.5. The summed E-state index contributed by atoms with van der Waals surface area (Å²) in [6.45, 7) is 1.92. The lowest BCUT2D eigenvalue weighted by molar-refractivity contribution is -0.127. The first-order chi connectivity index (χ1) is 19.6. The summed E-state index contributed by atoms with van der Waals surface area (Å²) in [5.41, 5.74) is 4.04. The third-order valence-electron chi connectivity index (χ3n) is 8.13. The number of para-hydroxylation sites is 1. The SMILES string of the molecule is O=C(N[C@@H](CO)c1ccccc1)C1CCCC[C@@H]1c1ccc(CN(C(=O)N2CCSCC2)c2ccccc2)cc1. The van der Waals surface area contributed by atoms with Crippen molar-refractivity contribution in [2.24, 2.45) is 5.92 Å². The summed E-state index contributed by atoms with van der Waals surface area (Å²) in [6.07, 6.45) is 3.94. The van der Waals surface area contributed by atoms with Crippen LogP contribution in [-0.4, -0.2) is 53.1 Å². The Morgan fingerprint density at radius 1 is 0.900 bits per heavy atom. The number of nitrogens with zero attached hydrogens (tertiary/aromatic N) is 2. The van der Waals surface area contributed by atoms with Gasteiger partial charge in [0.15, 0.2) is 0 Å². The van der Waals surface area contributed by atoms with E-state index in [0.29, 0.717) is 6.54 Å². The van der Waals surface area contributed by atoms with Crippen molar-refractivity contribution in [3.05, 3.63) is 102 Å². The van der Waals surface area contributed by atoms with Crippen LogP contribution in [0.25, 0.3) is 0 Å². The molecule has 6 nitrogen and oxygen atoms in total. The molecule has 5 rings (SSSR count). The Hall–Kier alpha value is -3.29. The van der Waals surface area contributed by atoms with Crippen LogP contribution in [-0.2, 0) is 11.3 Å². The van der Waals surface area contributed by atoms with E-state index in [4.69, 9.17) is 0 Å². The molecule has 40 heavy (non-hydrogen) atoms. The van der Waals surface area contributed by atoms with Crippen molar-refractivity contribution in [2.45, 2.75) is 44.2 Å². The molecular weight excluding hydrogens is 518 g/mol. The predicted molar refractivity (Wildman–Crippen MR) is 162 cm³/mol. The second-order valence-electron chi connectivity index (χ2n) is 10.7. The van der Waals surface area contributed by atoms with Crippen molar-refractivity contribution in [1.29, 1.82) is 0 Å². The summed E-state index contributed by atoms with van der Waals surface area (Å²) in [4.78, 5) is 30.8. The fraction of sp³-hybridized carbons (Fsp3) is 0.394. The predicted octanol–water partition coefficient (Wildman–Crippen LogP) is 5.99. The van der Waals surface area contributed by atoms with E-state index in [-0.39, 0.29) is 30.4 Å². The summed E-state index contributed by atoms with van der Waals surface area (Å²) in [5, 5.41) is 13.1. The molecule has 3 aromatic carbocycles. The first kappa shape index (κ1) is 28.2. The Morgan fingerprint density at radius 3 is 2.23 bits per heavy atom. The second-order valence-corrected chi connectivity index (χ2v) is 11.9. The van der Waals surface area contributed by atoms with Gasteiger partial charge in [-0.3, -0.25) is 9.69 Å². The van der Waals surface area contributed by atoms with Gasteiger partial charge in [0.1, 0.15) is 0 Å². The van der Waals surface area contributed by atoms with Crippen LogP contribution in [0.4, 0.5) is 10.5 Å². The van der Waals surface area contributed by atoms with Crippen LogP contribution < -0.4 is 10.2 Å². The minimum Gasteiger partial charge on any atom is -0.394 e. The third-order valence-corrected chi connectivity index (χ3v) is 9.08. The minimum atomic E-state index is -0.404. The highest BCUT2D eigenvalue weighted by atomic mass is 32.2. The summed E-state index contributed by atoms with van der Waals surface area (Å²) in [7, 11) is 0. The highest BCUT2D eigenvalue weighted by Gasteiger charge is 2.33. The molecule has 2 N–H and O–H groups in total. The highest BCUT2D eigenvalue weighted by molar-refractivity contribution is 7.99. The van der Waals surface area contributed by atoms with E-state index in [1.165, 1.54) is 0 Å². The lowest BCUT2D eigenvalue weighted by atomic mass is 9.74. The van der Waals surface area contributed by atoms with Crippen LogP contribution in [0.2, 0.25) is 0 Å². The number of benzene rings is 3. The molecular formula is C33H39N3O3S. The maximum Gasteiger partial charge on any atom is 0.324 e. The van der Waals surface area contributed by atoms with Crippen molar-refractivity contribution >= 4 is 29.4 Å². The third kappa shape index (κ3) is 6.88. The van der Waals surface area contributed by atoms with Gasteiger partial charge in [0, 0.05) is 36.2 Å². The molecule has 2 aliphatic rings. The molecule has 1 heterocycles. The Morgan fingerprint density at radius 2 is 1.55 bits per heavy atom. The number of aliphatic hydroxyl groups is 1. The van der Waals surface area contributed by atoms with E-state index >= 15 is 0 Å². The van der Waals surface area contributed by atoms with Crippen LogP contribution in [0.15, 0.2) is 84.9 Å². The number of nitrogens with one attached hydrogen (secondary N) is 1. The van der Waals surface area contributed by atoms with Gasteiger partial charge in [-0.05, 0) is 47.6 Å². The van der Waals surface area contributed by atoms with Crippen molar-refractivity contribution in [3.8, 4) is 0 Å². The maximum atomic E-state index is 13.5. The van der Waals surface area contributed by atoms with Crippen molar-refractivity contribution in [3.63, 3.8) is 0 Å². The molecule has 1 unspecified atom stereocenters. The zero-order valence-corrected chi connectivity index (χ0v) is 23.8. The monoisotopic (exact) mass is 557 g/mol. The standard InChI is InChI=1S/C33H39N3O3S/c37-24-31(27-9-3-1-4-10-27)34-32(38)30-14-8-7-13-29(30)26-17-15-25(16-18-26)23-36(28-11-5-2-6-12-28)33(39)35-19-21-40-22-20-35/h1-6,9-12,15-18,29-31,37H,7-8,13-14,19-24H2,(H,34,38)/t29-,30?,31+/m1/s1. The maximum absolute atomic E-state index is 13.5. The lowest BCUT2D eigenvalue weighted by Crippen LogP contribution is -2.46. The van der Waals surface area contributed by atoms with Crippen molar-refractivity contribution < 1.29 is 14.7 Å². The lowest BCUT2D eigenvalue weighted by Gasteiger charge is -2.33. The van der Waals surface area contributed by atoms with Gasteiger partial charge in [-0.1, -0.05) is 85.6 Å². The number of anilines is 1. The van der Waals surface area contributed by atoms with Gasteiger partial charge in [-0.15, -0.1) is 0 Å². The van der Waals surface area contributed by atoms with Crippen molar-refractivity contribution in [2.75, 3.05) is 36.1 Å². The molecule has 3 atom stereocenters. The van der Waals surface area contributed by atoms with Crippen LogP contribution in [0.1, 0.15) is 54.3 Å². The number of carbonyl (C=O) groups excluding carboxylic acids is 2. The van der Waals surface area contributed by atoms with E-state index < -0.39 is 6.04 Å². The number of carbonyl (C=O) groups is 2. The fourth-order valence-electron chi connectivity index (χ4n) is 5.90. The number of amides is 3. The number of hydrogen-bond acceptors (Lipinski definition) is 4. The van der Waals surface area contributed by atoms with E-state index in [2.05, 4.69) is 29.6 Å². The van der Waals surface area contributed by atoms with Gasteiger partial charge in [-0.2, -0.15) is 11.8 Å². The van der Waals surface area contributed by atoms with E-state index in [1.54, 1.807) is 0 Å². The van der Waals surface area contributed by atoms with Crippen LogP contribution in [0.3, 0.4) is 0 Å². The highest BCUT2D eigenvalue weighted by Crippen LogP contribution is 2.38. The molecule has 7 heteroatoms. The molecule has 1 aliphatic carbocycles. The zero-order chi connectivity index (χ0) is 27.7. The van der Waals surface area contributed by atoms with E-state index in [9.17, 15) is 14.7 Å². The Bertz CT molecular complexity index is 1230. The average Bonchev–Trinajstić information content (AvgIpc) is 3.03. The van der Waals surface area contributed by atoms with Gasteiger partial charge in [-0.25, -0.2) is 4.79 Å². The first-order valence-electron chi connectivity index (χ1n) is 14.4. The van der Waals surface area contributed by atoms with Crippen LogP contribution in [0, 0.1) is 5.92 Å². The van der Waals surface area contributed by atoms with Gasteiger partial charge in [0.25, 0.3) is 0 Å². The molecule has 0 bridgehead atoms. The molecule has 0 spiro atoms. The summed E-state index contributed by atoms with van der Waals surface area (Å²) in [6, 6.07) is 27.7. The molecule has 210 valence electrons. The van der Waals surface area contributed by atoms with E-state index in [0.717, 1.165) is 72.7 Å². The van der Waals surface area contributed by atoms with Gasteiger partial charge in [0.2, 0.25) is 5.91 Å². The molecule has 1 saturated carbocycles. The average molecular weight is 558 g/mol. The fourth-order valence-corrected chi connectivity index (χ4v) is 6.80. The quantitative estimate of drug-likeness (QED) is 0.357. The number of hydrogen-bond donors (Lipinski definition) is 2. The number of aliphatic hydroxyl groups excluding tert-OH is 1. The Labute approximate surface area is 241 Å².